The molecule has 194 valence electrons. The molecule has 0 unspecified atom stereocenters. The van der Waals surface area contributed by atoms with Gasteiger partial charge in [0.05, 0.1) is 17.2 Å². The fraction of sp³-hybridized carbons (Fsp3) is 0.276. The molecule has 3 aliphatic carbocycles. The molecule has 0 saturated heterocycles. The fourth-order valence-corrected chi connectivity index (χ4v) is 5.98. The number of fused-ring (bicyclic) bond motifs is 3. The molecule has 0 spiro atoms. The number of carbonyl (C=O) groups is 3. The molecular weight excluding hydrogens is 488 g/mol. The normalized spacial score (nSPS) is 26.4. The summed E-state index contributed by atoms with van der Waals surface area (Å²) in [6.45, 7) is 0. The van der Waals surface area contributed by atoms with Crippen LogP contribution in [0.3, 0.4) is 0 Å². The van der Waals surface area contributed by atoms with E-state index in [1.165, 1.54) is 4.90 Å². The summed E-state index contributed by atoms with van der Waals surface area (Å²) in [5.74, 6) is -0.973. The molecule has 0 aromatic heterocycles. The van der Waals surface area contributed by atoms with Crippen molar-refractivity contribution in [2.45, 2.75) is 24.5 Å². The largest absolute Gasteiger partial charge is 0.508 e. The first-order valence-corrected chi connectivity index (χ1v) is 12.0. The molecule has 2 aromatic rings. The lowest BCUT2D eigenvalue weighted by atomic mass is 9.57. The van der Waals surface area contributed by atoms with Crippen molar-refractivity contribution in [2.75, 3.05) is 14.1 Å². The van der Waals surface area contributed by atoms with Gasteiger partial charge in [-0.15, -0.1) is 0 Å². The van der Waals surface area contributed by atoms with Crippen LogP contribution in [0.2, 0.25) is 0 Å². The number of hydrogen-bond donors (Lipinski definition) is 5. The van der Waals surface area contributed by atoms with Gasteiger partial charge in [-0.2, -0.15) is 0 Å². The van der Waals surface area contributed by atoms with Crippen molar-refractivity contribution in [3.8, 4) is 17.6 Å². The van der Waals surface area contributed by atoms with Crippen molar-refractivity contribution in [2.24, 2.45) is 17.6 Å². The molecule has 1 saturated carbocycles. The van der Waals surface area contributed by atoms with E-state index in [-0.39, 0.29) is 35.3 Å². The van der Waals surface area contributed by atoms with Crippen molar-refractivity contribution < 1.29 is 34.8 Å². The van der Waals surface area contributed by atoms with Gasteiger partial charge in [-0.05, 0) is 56.6 Å². The number of ketones is 2. The third kappa shape index (κ3) is 3.53. The van der Waals surface area contributed by atoms with Crippen LogP contribution in [-0.2, 0) is 20.8 Å². The molecule has 0 aliphatic heterocycles. The number of primary amides is 1. The number of carbonyl (C=O) groups excluding carboxylic acids is 3. The maximum Gasteiger partial charge on any atom is 0.255 e. The Bertz CT molecular complexity index is 1530. The lowest BCUT2D eigenvalue weighted by molar-refractivity contribution is -0.153. The summed E-state index contributed by atoms with van der Waals surface area (Å²) < 4.78 is 0. The van der Waals surface area contributed by atoms with Crippen molar-refractivity contribution in [3.05, 3.63) is 81.6 Å². The monoisotopic (exact) mass is 514 g/mol. The predicted molar refractivity (Wildman–Crippen MR) is 137 cm³/mol. The summed E-state index contributed by atoms with van der Waals surface area (Å²) in [4.78, 5) is 40.5. The van der Waals surface area contributed by atoms with Crippen LogP contribution in [0.4, 0.5) is 0 Å². The van der Waals surface area contributed by atoms with Crippen molar-refractivity contribution in [1.82, 2.24) is 4.90 Å². The Morgan fingerprint density at radius 1 is 1.05 bits per heavy atom. The van der Waals surface area contributed by atoms with Gasteiger partial charge in [-0.3, -0.25) is 19.3 Å². The number of Topliss-reactive ketones (excluding diaryl/α,β-unsaturated/α-hetero) is 2. The van der Waals surface area contributed by atoms with Crippen LogP contribution in [-0.4, -0.2) is 68.5 Å². The number of rotatable bonds is 2. The van der Waals surface area contributed by atoms with E-state index in [0.29, 0.717) is 5.56 Å². The summed E-state index contributed by atoms with van der Waals surface area (Å²) in [6, 6.07) is 11.3. The maximum absolute atomic E-state index is 13.8. The zero-order valence-corrected chi connectivity index (χ0v) is 20.7. The fourth-order valence-electron chi connectivity index (χ4n) is 5.98. The Morgan fingerprint density at radius 3 is 2.37 bits per heavy atom. The van der Waals surface area contributed by atoms with E-state index in [4.69, 9.17) is 5.73 Å². The molecular formula is C29H26N2O7. The summed E-state index contributed by atoms with van der Waals surface area (Å²) in [5.41, 5.74) is 3.18. The Balaban J connectivity index is 1.66. The number of phenolic OH excluding ortho intramolecular Hbond substituents is 1. The molecule has 2 aromatic carbocycles. The van der Waals surface area contributed by atoms with Gasteiger partial charge in [0.2, 0.25) is 5.78 Å². The first kappa shape index (κ1) is 25.3. The Morgan fingerprint density at radius 2 is 1.74 bits per heavy atom. The summed E-state index contributed by atoms with van der Waals surface area (Å²) in [5, 5.41) is 44.8. The van der Waals surface area contributed by atoms with Crippen LogP contribution in [0.5, 0.6) is 5.75 Å². The minimum atomic E-state index is -2.66. The van der Waals surface area contributed by atoms with E-state index < -0.39 is 58.0 Å². The highest BCUT2D eigenvalue weighted by Crippen LogP contribution is 2.52. The second kappa shape index (κ2) is 8.87. The van der Waals surface area contributed by atoms with Gasteiger partial charge in [0, 0.05) is 17.1 Å². The average Bonchev–Trinajstić information content (AvgIpc) is 2.86. The summed E-state index contributed by atoms with van der Waals surface area (Å²) in [6.07, 6.45) is 0.274. The predicted octanol–water partition coefficient (Wildman–Crippen LogP) is 1.36. The van der Waals surface area contributed by atoms with Crippen molar-refractivity contribution in [1.29, 1.82) is 0 Å². The number of phenols is 1. The number of aliphatic hydroxyl groups excluding tert-OH is 2. The van der Waals surface area contributed by atoms with Crippen LogP contribution >= 0.6 is 0 Å². The van der Waals surface area contributed by atoms with Crippen molar-refractivity contribution >= 4 is 23.2 Å². The van der Waals surface area contributed by atoms with Gasteiger partial charge < -0.3 is 26.2 Å². The molecule has 1 amide bonds. The van der Waals surface area contributed by atoms with Gasteiger partial charge >= 0.3 is 0 Å². The first-order valence-electron chi connectivity index (χ1n) is 12.0. The zero-order chi connectivity index (χ0) is 27.5. The maximum atomic E-state index is 13.8. The van der Waals surface area contributed by atoms with Crippen LogP contribution in [0.15, 0.2) is 59.4 Å². The number of aromatic hydroxyl groups is 1. The number of nitrogens with zero attached hydrogens (tertiary/aromatic N) is 1. The molecule has 5 rings (SSSR count). The van der Waals surface area contributed by atoms with Gasteiger partial charge in [0.15, 0.2) is 11.4 Å². The number of amides is 1. The van der Waals surface area contributed by atoms with E-state index in [9.17, 15) is 34.8 Å². The molecule has 6 N–H and O–H groups in total. The number of benzene rings is 2. The van der Waals surface area contributed by atoms with E-state index in [0.717, 1.165) is 5.56 Å². The molecule has 0 bridgehead atoms. The number of nitrogens with two attached hydrogens (primary N) is 1. The average molecular weight is 515 g/mol. The lowest BCUT2D eigenvalue weighted by Crippen LogP contribution is -2.65. The van der Waals surface area contributed by atoms with Crippen LogP contribution in [0.25, 0.3) is 5.76 Å². The van der Waals surface area contributed by atoms with E-state index in [1.807, 2.05) is 18.2 Å². The SMILES string of the molecule is CN(C)[C@@H]1C(=O)C(C(N)=O)=C(O)[C@@]2(O)C(=O)C3=C(O)c4c(ccc(C#Cc5ccccc5)c4O)C[C@H]3C[C@@H]12. The Labute approximate surface area is 218 Å². The molecule has 1 fully saturated rings. The highest BCUT2D eigenvalue weighted by Gasteiger charge is 2.64. The van der Waals surface area contributed by atoms with Gasteiger partial charge in [0.25, 0.3) is 5.91 Å². The number of likely N-dealkylation sites (N-methyl/N-ethyl adjacent to an activating group) is 1. The topological polar surface area (TPSA) is 161 Å². The summed E-state index contributed by atoms with van der Waals surface area (Å²) >= 11 is 0. The quantitative estimate of drug-likeness (QED) is 0.297. The van der Waals surface area contributed by atoms with Gasteiger partial charge in [-0.25, -0.2) is 0 Å². The van der Waals surface area contributed by atoms with Gasteiger partial charge in [0.1, 0.15) is 22.8 Å². The van der Waals surface area contributed by atoms with Crippen LogP contribution in [0.1, 0.15) is 28.7 Å². The molecule has 38 heavy (non-hydrogen) atoms. The third-order valence-corrected chi connectivity index (χ3v) is 7.71. The number of hydrogen-bond acceptors (Lipinski definition) is 8. The first-order chi connectivity index (χ1) is 18.0. The number of aliphatic hydroxyl groups is 3. The lowest BCUT2D eigenvalue weighted by Gasteiger charge is -2.50. The molecule has 9 heteroatoms. The Kier molecular flexibility index (Phi) is 5.90. The minimum absolute atomic E-state index is 0.0150. The smallest absolute Gasteiger partial charge is 0.255 e. The van der Waals surface area contributed by atoms with E-state index in [1.54, 1.807) is 38.4 Å². The summed E-state index contributed by atoms with van der Waals surface area (Å²) in [7, 11) is 3.12. The molecule has 9 nitrogen and oxygen atoms in total. The second-order valence-corrected chi connectivity index (χ2v) is 10.1. The highest BCUT2D eigenvalue weighted by atomic mass is 16.3. The van der Waals surface area contributed by atoms with Crippen molar-refractivity contribution in [3.63, 3.8) is 0 Å². The van der Waals surface area contributed by atoms with Crippen LogP contribution in [0, 0.1) is 23.7 Å². The minimum Gasteiger partial charge on any atom is -0.508 e. The van der Waals surface area contributed by atoms with Gasteiger partial charge in [-0.1, -0.05) is 36.1 Å². The molecule has 0 heterocycles. The standard InChI is InChI=1S/C29H26N2O7/c1-31(2)22-18-13-17-12-16-11-10-15(9-8-14-6-4-3-5-7-14)23(32)19(16)24(33)20(17)26(35)29(18,38)27(36)21(25(22)34)28(30)37/h3-7,10-11,17-18,22,32-33,36,38H,12-13H2,1-2H3,(H2,30,37)/t17-,18-,22-,29-/m0/s1. The molecule has 3 aliphatic rings. The third-order valence-electron chi connectivity index (χ3n) is 7.71. The van der Waals surface area contributed by atoms with Crippen LogP contribution < -0.4 is 5.73 Å². The second-order valence-electron chi connectivity index (χ2n) is 10.1. The highest BCUT2D eigenvalue weighted by molar-refractivity contribution is 6.24. The molecule has 4 atom stereocenters. The zero-order valence-electron chi connectivity index (χ0n) is 20.7. The Hall–Kier alpha value is -4.39. The van der Waals surface area contributed by atoms with E-state index >= 15 is 0 Å². The molecule has 0 radical (unpaired) electrons. The van der Waals surface area contributed by atoms with E-state index in [2.05, 4.69) is 11.8 Å².